The molecular weight excluding hydrogens is 654 g/mol. The monoisotopic (exact) mass is 695 g/mol. The number of piperidine rings is 2. The van der Waals surface area contributed by atoms with Crippen molar-refractivity contribution in [3.63, 3.8) is 0 Å². The number of aromatic nitrogens is 4. The van der Waals surface area contributed by atoms with Crippen molar-refractivity contribution in [2.45, 2.75) is 80.4 Å². The number of nitrogens with zero attached hydrogens (tertiary/aromatic N) is 7. The van der Waals surface area contributed by atoms with Crippen LogP contribution >= 0.6 is 11.6 Å². The first kappa shape index (κ1) is 33.3. The van der Waals surface area contributed by atoms with Crippen molar-refractivity contribution < 1.29 is 23.8 Å². The van der Waals surface area contributed by atoms with Crippen LogP contribution in [0.4, 0.5) is 17.6 Å². The number of aliphatic hydroxyl groups excluding tert-OH is 1. The first-order valence-electron chi connectivity index (χ1n) is 15.8. The molecule has 14 nitrogen and oxygen atoms in total. The van der Waals surface area contributed by atoms with Gasteiger partial charge < -0.3 is 30.4 Å². The molecule has 3 fully saturated rings. The molecule has 2 atom stereocenters. The highest BCUT2D eigenvalue weighted by Gasteiger charge is 2.41. The van der Waals surface area contributed by atoms with Crippen LogP contribution in [0.15, 0.2) is 9.79 Å². The smallest absolute Gasteiger partial charge is 0.253 e. The zero-order valence-corrected chi connectivity index (χ0v) is 28.5. The fourth-order valence-electron chi connectivity index (χ4n) is 6.40. The van der Waals surface area contributed by atoms with E-state index in [9.17, 15) is 23.8 Å². The maximum absolute atomic E-state index is 11.5. The number of β-amino-alcohol motifs (C(OH)–C–C–N with tert-alkyl or cyclic N) is 1. The van der Waals surface area contributed by atoms with Gasteiger partial charge in [-0.3, -0.25) is 9.59 Å². The Morgan fingerprint density at radius 1 is 0.761 bits per heavy atom. The second-order valence-corrected chi connectivity index (χ2v) is 15.7. The summed E-state index contributed by atoms with van der Waals surface area (Å²) in [5.41, 5.74) is 1.77. The number of aliphatic hydroxyl groups is 1. The van der Waals surface area contributed by atoms with E-state index < -0.39 is 22.4 Å². The van der Waals surface area contributed by atoms with Crippen molar-refractivity contribution >= 4 is 63.4 Å². The summed E-state index contributed by atoms with van der Waals surface area (Å²) in [5.74, 6) is 3.66. The molecule has 0 radical (unpaired) electrons. The van der Waals surface area contributed by atoms with Crippen LogP contribution in [0, 0.1) is 0 Å². The molecular formula is C29H42ClN9O5S2+2. The number of carbonyl (C=O) groups is 2. The van der Waals surface area contributed by atoms with Gasteiger partial charge in [0.1, 0.15) is 11.4 Å². The van der Waals surface area contributed by atoms with Gasteiger partial charge in [-0.05, 0) is 37.3 Å². The molecule has 7 heterocycles. The van der Waals surface area contributed by atoms with Crippen LogP contribution < -0.4 is 15.5 Å². The number of likely N-dealkylation sites (tertiary alicyclic amines) is 2. The van der Waals surface area contributed by atoms with E-state index in [0.29, 0.717) is 36.4 Å². The number of nitrogens with one attached hydrogen (secondary N) is 2. The Balaban J connectivity index is 0.000000164. The van der Waals surface area contributed by atoms with Gasteiger partial charge in [-0.15, -0.1) is 0 Å². The summed E-state index contributed by atoms with van der Waals surface area (Å²) >= 11 is 4.36. The summed E-state index contributed by atoms with van der Waals surface area (Å²) in [4.78, 5) is 47.9. The number of fused-ring (bicyclic) bond motifs is 2. The molecule has 2 aromatic rings. The molecule has 17 heteroatoms. The number of carbonyl (C=O) groups excluding carboxylic acids is 2. The van der Waals surface area contributed by atoms with Crippen LogP contribution in [0.1, 0.15) is 50.9 Å². The number of amides is 2. The molecule has 5 aliphatic heterocycles. The molecule has 0 spiro atoms. The quantitative estimate of drug-likeness (QED) is 0.226. The molecule has 0 saturated carbocycles. The van der Waals surface area contributed by atoms with Crippen LogP contribution in [0.2, 0.25) is 5.28 Å². The third kappa shape index (κ3) is 7.41. The minimum absolute atomic E-state index is 0.122. The molecule has 7 rings (SSSR count). The maximum Gasteiger partial charge on any atom is 0.253 e. The fraction of sp³-hybridized carbons (Fsp3) is 0.655. The van der Waals surface area contributed by atoms with E-state index in [4.69, 9.17) is 11.6 Å². The second kappa shape index (κ2) is 14.2. The van der Waals surface area contributed by atoms with Crippen molar-refractivity contribution in [2.75, 3.05) is 66.3 Å². The molecule has 3 saturated heterocycles. The number of aryl methyl sites for hydroxylation is 2. The number of hydrogen-bond acceptors (Lipinski definition) is 12. The Kier molecular flexibility index (Phi) is 10.3. The van der Waals surface area contributed by atoms with Gasteiger partial charge >= 0.3 is 0 Å². The Bertz CT molecular complexity index is 1450. The van der Waals surface area contributed by atoms with Crippen molar-refractivity contribution in [3.8, 4) is 0 Å². The Morgan fingerprint density at radius 3 is 1.67 bits per heavy atom. The minimum Gasteiger partial charge on any atom is -0.389 e. The third-order valence-electron chi connectivity index (χ3n) is 9.08. The lowest BCUT2D eigenvalue weighted by Gasteiger charge is -2.36. The van der Waals surface area contributed by atoms with Crippen LogP contribution in [-0.2, 0) is 44.8 Å². The SMILES string of the molecule is CC(=O)N1CCC(Nc2nc(Cl)nc3c2[S+](O)CC3)CC1.CC(=O)N1CCC(Nc2nc(N3CC(O)C3)nc3c2[S+](O)CC3)CC1. The van der Waals surface area contributed by atoms with Gasteiger partial charge in [0, 0.05) is 78.0 Å². The molecule has 0 aliphatic carbocycles. The number of hydrogen-bond donors (Lipinski definition) is 5. The van der Waals surface area contributed by atoms with Gasteiger partial charge in [-0.1, -0.05) is 0 Å². The lowest BCUT2D eigenvalue weighted by Crippen LogP contribution is -2.51. The van der Waals surface area contributed by atoms with Crippen LogP contribution in [0.5, 0.6) is 0 Å². The number of halogens is 1. The standard InChI is InChI=1S/C16H24N5O3S.C13H18ClN4O2S/c1-10(22)20-5-2-11(3-6-20)17-15-14-13(4-7-25(14)24)18-16(19-15)21-8-12(23)9-21;1-8(19)18-5-2-9(3-6-18)15-12-11-10(4-7-21(11)20)16-13(14)17-12/h11-12,23-24H,2-9H2,1H3,(H,17,18,19);9,20H,2-7H2,1H3,(H,15,16,17)/q2*+1. The zero-order chi connectivity index (χ0) is 32.5. The molecule has 5 aliphatic rings. The van der Waals surface area contributed by atoms with E-state index in [-0.39, 0.29) is 35.3 Å². The molecule has 2 unspecified atom stereocenters. The van der Waals surface area contributed by atoms with E-state index in [1.54, 1.807) is 13.8 Å². The molecule has 250 valence electrons. The average Bonchev–Trinajstić information content (AvgIpc) is 3.58. The van der Waals surface area contributed by atoms with Gasteiger partial charge in [0.05, 0.1) is 6.10 Å². The van der Waals surface area contributed by atoms with Crippen LogP contribution in [0.3, 0.4) is 0 Å². The van der Waals surface area contributed by atoms with Gasteiger partial charge in [-0.2, -0.15) is 19.1 Å². The van der Waals surface area contributed by atoms with Crippen molar-refractivity contribution in [1.29, 1.82) is 0 Å². The van der Waals surface area contributed by atoms with E-state index in [2.05, 4.69) is 30.6 Å². The summed E-state index contributed by atoms with van der Waals surface area (Å²) < 4.78 is 20.5. The molecule has 2 amide bonds. The van der Waals surface area contributed by atoms with E-state index in [1.807, 2.05) is 14.7 Å². The minimum atomic E-state index is -0.810. The average molecular weight is 696 g/mol. The van der Waals surface area contributed by atoms with Crippen molar-refractivity contribution in [3.05, 3.63) is 16.7 Å². The summed E-state index contributed by atoms with van der Waals surface area (Å²) in [6.45, 7) is 7.31. The van der Waals surface area contributed by atoms with Crippen molar-refractivity contribution in [1.82, 2.24) is 29.7 Å². The predicted molar refractivity (Wildman–Crippen MR) is 179 cm³/mol. The summed E-state index contributed by atoms with van der Waals surface area (Å²) in [7, 11) is 0. The first-order valence-corrected chi connectivity index (χ1v) is 18.9. The first-order chi connectivity index (χ1) is 22.0. The van der Waals surface area contributed by atoms with Crippen LogP contribution in [0.25, 0.3) is 0 Å². The maximum atomic E-state index is 11.5. The summed E-state index contributed by atoms with van der Waals surface area (Å²) in [5, 5.41) is 16.6. The van der Waals surface area contributed by atoms with Gasteiger partial charge in [0.25, 0.3) is 9.79 Å². The largest absolute Gasteiger partial charge is 0.389 e. The topological polar surface area (TPSA) is 180 Å². The number of anilines is 3. The van der Waals surface area contributed by atoms with Crippen LogP contribution in [-0.4, -0.2) is 125 Å². The van der Waals surface area contributed by atoms with Gasteiger partial charge in [0.15, 0.2) is 45.5 Å². The molecule has 0 aromatic carbocycles. The number of rotatable bonds is 5. The molecule has 46 heavy (non-hydrogen) atoms. The highest BCUT2D eigenvalue weighted by atomic mass is 35.5. The summed E-state index contributed by atoms with van der Waals surface area (Å²) in [6, 6.07) is 0.482. The highest BCUT2D eigenvalue weighted by molar-refractivity contribution is 7.92. The second-order valence-electron chi connectivity index (χ2n) is 12.3. The lowest BCUT2D eigenvalue weighted by molar-refractivity contribution is -0.130. The molecule has 2 aromatic heterocycles. The molecule has 0 bridgehead atoms. The Morgan fingerprint density at radius 2 is 1.22 bits per heavy atom. The van der Waals surface area contributed by atoms with E-state index >= 15 is 0 Å². The zero-order valence-electron chi connectivity index (χ0n) is 26.1. The Hall–Kier alpha value is -2.63. The van der Waals surface area contributed by atoms with Gasteiger partial charge in [0.2, 0.25) is 23.0 Å². The van der Waals surface area contributed by atoms with Crippen molar-refractivity contribution in [2.24, 2.45) is 0 Å². The highest BCUT2D eigenvalue weighted by Crippen LogP contribution is 2.35. The van der Waals surface area contributed by atoms with E-state index in [0.717, 1.165) is 91.7 Å². The van der Waals surface area contributed by atoms with Gasteiger partial charge in [-0.25, -0.2) is 9.97 Å². The fourth-order valence-corrected chi connectivity index (χ4v) is 9.26. The Labute approximate surface area is 279 Å². The summed E-state index contributed by atoms with van der Waals surface area (Å²) in [6.07, 6.45) is 4.68. The predicted octanol–water partition coefficient (Wildman–Crippen LogP) is 1.65. The van der Waals surface area contributed by atoms with E-state index in [1.165, 1.54) is 0 Å². The molecule has 5 N–H and O–H groups in total. The lowest BCUT2D eigenvalue weighted by atomic mass is 10.1. The third-order valence-corrected chi connectivity index (χ3v) is 12.2. The normalized spacial score (nSPS) is 23.3.